The molecule has 5 nitrogen and oxygen atoms in total. The second kappa shape index (κ2) is 8.64. The molecule has 2 N–H and O–H groups in total. The highest BCUT2D eigenvalue weighted by molar-refractivity contribution is 6.07. The average molecular weight is 414 g/mol. The van der Waals surface area contributed by atoms with Crippen LogP contribution in [0, 0.1) is 0 Å². The second-order valence-corrected chi connectivity index (χ2v) is 7.91. The molecule has 31 heavy (non-hydrogen) atoms. The summed E-state index contributed by atoms with van der Waals surface area (Å²) in [5, 5.41) is 0. The molecule has 0 saturated heterocycles. The lowest BCUT2D eigenvalue weighted by Gasteiger charge is -2.43. The van der Waals surface area contributed by atoms with Gasteiger partial charge in [0.2, 0.25) is 5.91 Å². The summed E-state index contributed by atoms with van der Waals surface area (Å²) >= 11 is 0. The summed E-state index contributed by atoms with van der Waals surface area (Å²) in [4.78, 5) is 30.2. The van der Waals surface area contributed by atoms with E-state index in [9.17, 15) is 9.59 Å². The maximum absolute atomic E-state index is 13.4. The number of carbonyl (C=O) groups is 2. The number of hydrogen-bond donors (Lipinski definition) is 1. The molecule has 0 aromatic heterocycles. The Morgan fingerprint density at radius 3 is 2.29 bits per heavy atom. The van der Waals surface area contributed by atoms with Crippen LogP contribution in [-0.2, 0) is 4.79 Å². The first-order valence-electron chi connectivity index (χ1n) is 10.7. The number of benzene rings is 3. The van der Waals surface area contributed by atoms with Gasteiger partial charge in [-0.3, -0.25) is 9.59 Å². The minimum Gasteiger partial charge on any atom is -0.399 e. The standard InChI is InChI=1S/C26H27N3O2/c1-3-25(30)29(21-9-5-4-6-10-21)24-17-18(2)28(23-12-8-7-11-22(23)24)26(31)19-13-15-20(27)16-14-19/h4-16,18,24H,3,17,27H2,1-2H3/t18-,24+/m1/s1. The van der Waals surface area contributed by atoms with Gasteiger partial charge in [-0.1, -0.05) is 43.3 Å². The summed E-state index contributed by atoms with van der Waals surface area (Å²) in [7, 11) is 0. The second-order valence-electron chi connectivity index (χ2n) is 7.91. The zero-order chi connectivity index (χ0) is 22.0. The van der Waals surface area contributed by atoms with E-state index in [1.807, 2.05) is 78.2 Å². The van der Waals surface area contributed by atoms with E-state index in [-0.39, 0.29) is 23.9 Å². The Labute approximate surface area is 183 Å². The van der Waals surface area contributed by atoms with Crippen LogP contribution < -0.4 is 15.5 Å². The maximum atomic E-state index is 13.4. The number of nitrogens with zero attached hydrogens (tertiary/aromatic N) is 2. The SMILES string of the molecule is CCC(=O)N(c1ccccc1)[C@H]1C[C@@H](C)N(C(=O)c2ccc(N)cc2)c2ccccc21. The molecular formula is C26H27N3O2. The molecule has 0 bridgehead atoms. The summed E-state index contributed by atoms with van der Waals surface area (Å²) in [6, 6.07) is 24.4. The van der Waals surface area contributed by atoms with Gasteiger partial charge in [0.1, 0.15) is 0 Å². The van der Waals surface area contributed by atoms with Crippen molar-refractivity contribution in [2.75, 3.05) is 15.5 Å². The molecule has 1 aliphatic rings. The van der Waals surface area contributed by atoms with Gasteiger partial charge in [0.05, 0.1) is 6.04 Å². The third kappa shape index (κ3) is 3.91. The highest BCUT2D eigenvalue weighted by atomic mass is 16.2. The van der Waals surface area contributed by atoms with Crippen molar-refractivity contribution in [3.63, 3.8) is 0 Å². The van der Waals surface area contributed by atoms with Crippen molar-refractivity contribution >= 4 is 28.9 Å². The van der Waals surface area contributed by atoms with E-state index < -0.39 is 0 Å². The van der Waals surface area contributed by atoms with Gasteiger partial charge in [0.25, 0.3) is 5.91 Å². The van der Waals surface area contributed by atoms with Crippen LogP contribution in [0.25, 0.3) is 0 Å². The minimum absolute atomic E-state index is 0.0634. The van der Waals surface area contributed by atoms with Crippen LogP contribution in [0.15, 0.2) is 78.9 Å². The van der Waals surface area contributed by atoms with Crippen LogP contribution in [0.2, 0.25) is 0 Å². The number of carbonyl (C=O) groups excluding carboxylic acids is 2. The molecule has 0 spiro atoms. The Morgan fingerprint density at radius 2 is 1.61 bits per heavy atom. The fraction of sp³-hybridized carbons (Fsp3) is 0.231. The first-order valence-corrected chi connectivity index (χ1v) is 10.7. The van der Waals surface area contributed by atoms with Crippen LogP contribution in [-0.4, -0.2) is 17.9 Å². The lowest BCUT2D eigenvalue weighted by molar-refractivity contribution is -0.118. The van der Waals surface area contributed by atoms with Crippen molar-refractivity contribution in [1.82, 2.24) is 0 Å². The molecule has 5 heteroatoms. The van der Waals surface area contributed by atoms with Crippen molar-refractivity contribution in [3.05, 3.63) is 90.0 Å². The highest BCUT2D eigenvalue weighted by Crippen LogP contribution is 2.42. The molecule has 4 rings (SSSR count). The number of nitrogen functional groups attached to an aromatic ring is 1. The van der Waals surface area contributed by atoms with Crippen LogP contribution in [0.1, 0.15) is 48.7 Å². The van der Waals surface area contributed by atoms with Gasteiger partial charge in [-0.05, 0) is 61.4 Å². The molecule has 2 amide bonds. The first-order chi connectivity index (χ1) is 15.0. The molecular weight excluding hydrogens is 386 g/mol. The first kappa shape index (κ1) is 20.7. The van der Waals surface area contributed by atoms with Crippen molar-refractivity contribution in [3.8, 4) is 0 Å². The smallest absolute Gasteiger partial charge is 0.258 e. The van der Waals surface area contributed by atoms with Gasteiger partial charge < -0.3 is 15.5 Å². The molecule has 0 fully saturated rings. The minimum atomic E-state index is -0.142. The zero-order valence-electron chi connectivity index (χ0n) is 17.9. The topological polar surface area (TPSA) is 66.6 Å². The Balaban J connectivity index is 1.78. The fourth-order valence-corrected chi connectivity index (χ4v) is 4.36. The third-order valence-electron chi connectivity index (χ3n) is 5.85. The number of nitrogens with two attached hydrogens (primary N) is 1. The number of anilines is 3. The van der Waals surface area contributed by atoms with Crippen LogP contribution >= 0.6 is 0 Å². The Morgan fingerprint density at radius 1 is 0.968 bits per heavy atom. The van der Waals surface area contributed by atoms with Gasteiger partial charge in [-0.2, -0.15) is 0 Å². The fourth-order valence-electron chi connectivity index (χ4n) is 4.36. The lowest BCUT2D eigenvalue weighted by atomic mass is 9.89. The average Bonchev–Trinajstić information content (AvgIpc) is 2.80. The quantitative estimate of drug-likeness (QED) is 0.599. The monoisotopic (exact) mass is 413 g/mol. The molecule has 1 aliphatic heterocycles. The summed E-state index contributed by atoms with van der Waals surface area (Å²) in [5.41, 5.74) is 9.72. The molecule has 0 saturated carbocycles. The molecule has 158 valence electrons. The molecule has 3 aromatic carbocycles. The van der Waals surface area contributed by atoms with Crippen LogP contribution in [0.4, 0.5) is 17.1 Å². The van der Waals surface area contributed by atoms with Crippen molar-refractivity contribution < 1.29 is 9.59 Å². The largest absolute Gasteiger partial charge is 0.399 e. The zero-order valence-corrected chi connectivity index (χ0v) is 17.9. The van der Waals surface area contributed by atoms with E-state index in [0.29, 0.717) is 24.1 Å². The number of hydrogen-bond acceptors (Lipinski definition) is 3. The van der Waals surface area contributed by atoms with Crippen molar-refractivity contribution in [2.24, 2.45) is 0 Å². The van der Waals surface area contributed by atoms with E-state index in [0.717, 1.165) is 16.9 Å². The third-order valence-corrected chi connectivity index (χ3v) is 5.85. The summed E-state index contributed by atoms with van der Waals surface area (Å²) in [6.45, 7) is 3.92. The van der Waals surface area contributed by atoms with Gasteiger partial charge in [0, 0.05) is 35.1 Å². The normalized spacial score (nSPS) is 17.7. The molecule has 1 heterocycles. The van der Waals surface area contributed by atoms with Gasteiger partial charge in [-0.15, -0.1) is 0 Å². The van der Waals surface area contributed by atoms with E-state index in [1.54, 1.807) is 24.3 Å². The maximum Gasteiger partial charge on any atom is 0.258 e. The van der Waals surface area contributed by atoms with E-state index >= 15 is 0 Å². The van der Waals surface area contributed by atoms with Crippen molar-refractivity contribution in [1.29, 1.82) is 0 Å². The predicted octanol–water partition coefficient (Wildman–Crippen LogP) is 5.19. The number of fused-ring (bicyclic) bond motifs is 1. The number of amides is 2. The molecule has 0 radical (unpaired) electrons. The lowest BCUT2D eigenvalue weighted by Crippen LogP contribution is -2.47. The van der Waals surface area contributed by atoms with Gasteiger partial charge in [0.15, 0.2) is 0 Å². The van der Waals surface area contributed by atoms with Gasteiger partial charge in [-0.25, -0.2) is 0 Å². The molecule has 0 unspecified atom stereocenters. The Bertz CT molecular complexity index is 1080. The van der Waals surface area contributed by atoms with Crippen LogP contribution in [0.5, 0.6) is 0 Å². The summed E-state index contributed by atoms with van der Waals surface area (Å²) < 4.78 is 0. The van der Waals surface area contributed by atoms with Crippen LogP contribution in [0.3, 0.4) is 0 Å². The Hall–Kier alpha value is -3.60. The van der Waals surface area contributed by atoms with E-state index in [1.165, 1.54) is 0 Å². The molecule has 3 aromatic rings. The predicted molar refractivity (Wildman–Crippen MR) is 125 cm³/mol. The van der Waals surface area contributed by atoms with Crippen molar-refractivity contribution in [2.45, 2.75) is 38.8 Å². The summed E-state index contributed by atoms with van der Waals surface area (Å²) in [5.74, 6) is 0.00277. The van der Waals surface area contributed by atoms with E-state index in [2.05, 4.69) is 0 Å². The van der Waals surface area contributed by atoms with Gasteiger partial charge >= 0.3 is 0 Å². The Kier molecular flexibility index (Phi) is 5.76. The number of rotatable bonds is 4. The summed E-state index contributed by atoms with van der Waals surface area (Å²) in [6.07, 6.45) is 1.06. The van der Waals surface area contributed by atoms with E-state index in [4.69, 9.17) is 5.73 Å². The molecule has 0 aliphatic carbocycles. The highest BCUT2D eigenvalue weighted by Gasteiger charge is 2.38. The number of para-hydroxylation sites is 2. The molecule has 2 atom stereocenters.